The highest BCUT2D eigenvalue weighted by Crippen LogP contribution is 2.18. The zero-order valence-corrected chi connectivity index (χ0v) is 11.2. The summed E-state index contributed by atoms with van der Waals surface area (Å²) in [5, 5.41) is 11.8. The molecule has 2 N–H and O–H groups in total. The molecule has 5 heteroatoms. The van der Waals surface area contributed by atoms with Crippen LogP contribution in [0.5, 0.6) is 0 Å². The average Bonchev–Trinajstić information content (AvgIpc) is 2.47. The van der Waals surface area contributed by atoms with Crippen molar-refractivity contribution >= 4 is 23.8 Å². The third-order valence-electron chi connectivity index (χ3n) is 3.43. The minimum Gasteiger partial charge on any atom is -0.481 e. The smallest absolute Gasteiger partial charge is 0.321 e. The van der Waals surface area contributed by atoms with Gasteiger partial charge in [0.25, 0.3) is 0 Å². The maximum atomic E-state index is 12.1. The number of nitrogens with zero attached hydrogens (tertiary/aromatic N) is 1. The van der Waals surface area contributed by atoms with Crippen LogP contribution in [-0.4, -0.2) is 35.1 Å². The van der Waals surface area contributed by atoms with Crippen LogP contribution in [0.3, 0.4) is 0 Å². The van der Waals surface area contributed by atoms with Crippen LogP contribution in [0, 0.1) is 5.92 Å². The zero-order valence-electron chi connectivity index (χ0n) is 11.2. The summed E-state index contributed by atoms with van der Waals surface area (Å²) in [6, 6.07) is 7.09. The first-order valence-electron chi connectivity index (χ1n) is 6.61. The third kappa shape index (κ3) is 3.38. The second kappa shape index (κ2) is 6.23. The van der Waals surface area contributed by atoms with Crippen molar-refractivity contribution in [3.05, 3.63) is 36.4 Å². The lowest BCUT2D eigenvalue weighted by molar-refractivity contribution is -0.143. The monoisotopic (exact) mass is 274 g/mol. The minimum absolute atomic E-state index is 0.253. The van der Waals surface area contributed by atoms with Crippen molar-refractivity contribution in [1.29, 1.82) is 0 Å². The molecule has 5 nitrogen and oxygen atoms in total. The molecule has 1 aliphatic rings. The fourth-order valence-corrected chi connectivity index (χ4v) is 2.31. The van der Waals surface area contributed by atoms with Gasteiger partial charge in [-0.25, -0.2) is 4.79 Å². The van der Waals surface area contributed by atoms with E-state index in [2.05, 4.69) is 11.9 Å². The van der Waals surface area contributed by atoms with Crippen LogP contribution in [-0.2, 0) is 4.79 Å². The quantitative estimate of drug-likeness (QED) is 0.890. The molecular formula is C15H18N2O3. The molecule has 2 rings (SSSR count). The fraction of sp³-hybridized carbons (Fsp3) is 0.333. The average molecular weight is 274 g/mol. The number of carbonyl (C=O) groups is 2. The van der Waals surface area contributed by atoms with E-state index in [4.69, 9.17) is 5.11 Å². The molecular weight excluding hydrogens is 256 g/mol. The number of carbonyl (C=O) groups excluding carboxylic acids is 1. The van der Waals surface area contributed by atoms with Crippen molar-refractivity contribution in [2.75, 3.05) is 18.4 Å². The molecule has 106 valence electrons. The van der Waals surface area contributed by atoms with E-state index < -0.39 is 11.9 Å². The Morgan fingerprint density at radius 3 is 2.95 bits per heavy atom. The molecule has 0 bridgehead atoms. The van der Waals surface area contributed by atoms with Gasteiger partial charge in [-0.15, -0.1) is 0 Å². The maximum Gasteiger partial charge on any atom is 0.321 e. The molecule has 2 amide bonds. The molecule has 1 unspecified atom stereocenters. The van der Waals surface area contributed by atoms with Crippen LogP contribution in [0.15, 0.2) is 30.8 Å². The van der Waals surface area contributed by atoms with Gasteiger partial charge in [0.1, 0.15) is 0 Å². The van der Waals surface area contributed by atoms with E-state index in [1.165, 1.54) is 0 Å². The van der Waals surface area contributed by atoms with Gasteiger partial charge in [0.05, 0.1) is 5.92 Å². The van der Waals surface area contributed by atoms with Crippen LogP contribution >= 0.6 is 0 Å². The SMILES string of the molecule is C=Cc1cccc(NC(=O)N2CCCC(C(=O)O)C2)c1. The molecule has 1 atom stereocenters. The number of hydrogen-bond donors (Lipinski definition) is 2. The molecule has 1 saturated heterocycles. The van der Waals surface area contributed by atoms with Crippen LogP contribution in [0.1, 0.15) is 18.4 Å². The first kappa shape index (κ1) is 14.1. The molecule has 0 radical (unpaired) electrons. The summed E-state index contributed by atoms with van der Waals surface area (Å²) in [5.41, 5.74) is 1.61. The topological polar surface area (TPSA) is 69.6 Å². The van der Waals surface area contributed by atoms with E-state index in [9.17, 15) is 9.59 Å². The number of anilines is 1. The number of carboxylic acid groups (broad SMARTS) is 1. The highest BCUT2D eigenvalue weighted by Gasteiger charge is 2.28. The highest BCUT2D eigenvalue weighted by atomic mass is 16.4. The largest absolute Gasteiger partial charge is 0.481 e. The van der Waals surface area contributed by atoms with E-state index in [0.717, 1.165) is 12.0 Å². The molecule has 0 spiro atoms. The Kier molecular flexibility index (Phi) is 4.40. The fourth-order valence-electron chi connectivity index (χ4n) is 2.31. The molecule has 0 saturated carbocycles. The summed E-state index contributed by atoms with van der Waals surface area (Å²) in [5.74, 6) is -1.30. The predicted molar refractivity (Wildman–Crippen MR) is 77.5 cm³/mol. The van der Waals surface area contributed by atoms with Gasteiger partial charge in [0.15, 0.2) is 0 Å². The van der Waals surface area contributed by atoms with Crippen molar-refractivity contribution in [3.63, 3.8) is 0 Å². The molecule has 1 aromatic carbocycles. The van der Waals surface area contributed by atoms with Gasteiger partial charge < -0.3 is 15.3 Å². The van der Waals surface area contributed by atoms with E-state index in [1.807, 2.05) is 18.2 Å². The van der Waals surface area contributed by atoms with Crippen LogP contribution < -0.4 is 5.32 Å². The molecule has 1 fully saturated rings. The summed E-state index contributed by atoms with van der Waals surface area (Å²) in [6.45, 7) is 4.54. The number of urea groups is 1. The van der Waals surface area contributed by atoms with Gasteiger partial charge in [-0.2, -0.15) is 0 Å². The van der Waals surface area contributed by atoms with Crippen LogP contribution in [0.25, 0.3) is 6.08 Å². The lowest BCUT2D eigenvalue weighted by atomic mass is 9.99. The van der Waals surface area contributed by atoms with Crippen molar-refractivity contribution in [3.8, 4) is 0 Å². The third-order valence-corrected chi connectivity index (χ3v) is 3.43. The van der Waals surface area contributed by atoms with Gasteiger partial charge in [0, 0.05) is 18.8 Å². The van der Waals surface area contributed by atoms with Crippen LogP contribution in [0.2, 0.25) is 0 Å². The molecule has 20 heavy (non-hydrogen) atoms. The number of likely N-dealkylation sites (tertiary alicyclic amines) is 1. The number of hydrogen-bond acceptors (Lipinski definition) is 2. The molecule has 0 aromatic heterocycles. The van der Waals surface area contributed by atoms with E-state index >= 15 is 0 Å². The minimum atomic E-state index is -0.837. The Morgan fingerprint density at radius 1 is 1.45 bits per heavy atom. The van der Waals surface area contributed by atoms with Crippen molar-refractivity contribution in [2.24, 2.45) is 5.92 Å². The van der Waals surface area contributed by atoms with E-state index in [-0.39, 0.29) is 12.6 Å². The maximum absolute atomic E-state index is 12.1. The lowest BCUT2D eigenvalue weighted by Gasteiger charge is -2.30. The summed E-state index contributed by atoms with van der Waals surface area (Å²) >= 11 is 0. The van der Waals surface area contributed by atoms with Gasteiger partial charge in [0.2, 0.25) is 0 Å². The number of amides is 2. The number of nitrogens with one attached hydrogen (secondary N) is 1. The van der Waals surface area contributed by atoms with Gasteiger partial charge in [-0.05, 0) is 30.5 Å². The zero-order chi connectivity index (χ0) is 14.5. The second-order valence-corrected chi connectivity index (χ2v) is 4.88. The van der Waals surface area contributed by atoms with Crippen molar-refractivity contribution in [2.45, 2.75) is 12.8 Å². The summed E-state index contributed by atoms with van der Waals surface area (Å²) in [7, 11) is 0. The number of rotatable bonds is 3. The Bertz CT molecular complexity index is 528. The molecule has 1 aromatic rings. The number of carboxylic acids is 1. The number of benzene rings is 1. The van der Waals surface area contributed by atoms with Crippen LogP contribution in [0.4, 0.5) is 10.5 Å². The molecule has 1 heterocycles. The van der Waals surface area contributed by atoms with E-state index in [1.54, 1.807) is 17.0 Å². The van der Waals surface area contributed by atoms with Crippen molar-refractivity contribution in [1.82, 2.24) is 4.90 Å². The Hall–Kier alpha value is -2.30. The summed E-state index contributed by atoms with van der Waals surface area (Å²) < 4.78 is 0. The second-order valence-electron chi connectivity index (χ2n) is 4.88. The summed E-state index contributed by atoms with van der Waals surface area (Å²) in [4.78, 5) is 24.7. The predicted octanol–water partition coefficient (Wildman–Crippen LogP) is 2.66. The number of aliphatic carboxylic acids is 1. The molecule has 1 aliphatic heterocycles. The van der Waals surface area contributed by atoms with E-state index in [0.29, 0.717) is 18.7 Å². The summed E-state index contributed by atoms with van der Waals surface area (Å²) in [6.07, 6.45) is 3.05. The Labute approximate surface area is 117 Å². The lowest BCUT2D eigenvalue weighted by Crippen LogP contribution is -2.44. The molecule has 0 aliphatic carbocycles. The number of piperidine rings is 1. The standard InChI is InChI=1S/C15H18N2O3/c1-2-11-5-3-7-13(9-11)16-15(20)17-8-4-6-12(10-17)14(18)19/h2-3,5,7,9,12H,1,4,6,8,10H2,(H,16,20)(H,18,19). The van der Waals surface area contributed by atoms with Crippen molar-refractivity contribution < 1.29 is 14.7 Å². The normalized spacial score (nSPS) is 18.4. The highest BCUT2D eigenvalue weighted by molar-refractivity contribution is 5.90. The Morgan fingerprint density at radius 2 is 2.25 bits per heavy atom. The van der Waals surface area contributed by atoms with Gasteiger partial charge in [-0.1, -0.05) is 24.8 Å². The van der Waals surface area contributed by atoms with Gasteiger partial charge >= 0.3 is 12.0 Å². The first-order valence-corrected chi connectivity index (χ1v) is 6.61. The van der Waals surface area contributed by atoms with Gasteiger partial charge in [-0.3, -0.25) is 4.79 Å². The Balaban J connectivity index is 2.00. The first-order chi connectivity index (χ1) is 9.60.